The van der Waals surface area contributed by atoms with Crippen LogP contribution in [0.4, 0.5) is 0 Å². The first kappa shape index (κ1) is 6.94. The summed E-state index contributed by atoms with van der Waals surface area (Å²) in [6.07, 6.45) is 0.774. The average Bonchev–Trinajstić information content (AvgIpc) is 1.77. The summed E-state index contributed by atoms with van der Waals surface area (Å²) in [6, 6.07) is 0. The number of rotatable bonds is 0. The molecule has 6 heteroatoms. The maximum atomic E-state index is 10.7. The fourth-order valence-electron chi connectivity index (χ4n) is 0.639. The minimum absolute atomic E-state index is 0.412. The van der Waals surface area contributed by atoms with Crippen LogP contribution >= 0.6 is 0 Å². The van der Waals surface area contributed by atoms with Crippen LogP contribution in [-0.4, -0.2) is 25.9 Å². The summed E-state index contributed by atoms with van der Waals surface area (Å²) in [4.78, 5) is 0. The van der Waals surface area contributed by atoms with E-state index in [0.29, 0.717) is 13.1 Å². The second-order valence-electron chi connectivity index (χ2n) is 1.86. The van der Waals surface area contributed by atoms with E-state index in [1.165, 1.54) is 0 Å². The van der Waals surface area contributed by atoms with Gasteiger partial charge < -0.3 is 0 Å². The van der Waals surface area contributed by atoms with E-state index >= 15 is 0 Å². The van der Waals surface area contributed by atoms with Crippen molar-refractivity contribution in [1.82, 2.24) is 9.14 Å². The minimum atomic E-state index is -3.30. The molecule has 0 saturated carbocycles. The Morgan fingerprint density at radius 2 is 2.22 bits per heavy atom. The zero-order valence-electron chi connectivity index (χ0n) is 4.87. The third-order valence-corrected chi connectivity index (χ3v) is 2.52. The molecule has 1 saturated heterocycles. The van der Waals surface area contributed by atoms with E-state index < -0.39 is 10.2 Å². The van der Waals surface area contributed by atoms with Crippen LogP contribution in [0.3, 0.4) is 0 Å². The molecule has 3 N–H and O–H groups in total. The van der Waals surface area contributed by atoms with Gasteiger partial charge in [0.25, 0.3) is 10.2 Å². The molecule has 0 aliphatic carbocycles. The topological polar surface area (TPSA) is 75.4 Å². The molecule has 0 spiro atoms. The van der Waals surface area contributed by atoms with Crippen LogP contribution in [0.2, 0.25) is 0 Å². The zero-order chi connectivity index (χ0) is 6.91. The van der Waals surface area contributed by atoms with E-state index in [4.69, 9.17) is 5.84 Å². The second-order valence-corrected chi connectivity index (χ2v) is 3.57. The average molecular weight is 151 g/mol. The van der Waals surface area contributed by atoms with Crippen molar-refractivity contribution in [3.8, 4) is 0 Å². The molecule has 1 fully saturated rings. The van der Waals surface area contributed by atoms with Crippen molar-refractivity contribution in [3.05, 3.63) is 0 Å². The molecule has 1 heterocycles. The molecule has 9 heavy (non-hydrogen) atoms. The zero-order valence-corrected chi connectivity index (χ0v) is 5.69. The lowest BCUT2D eigenvalue weighted by Gasteiger charge is -2.21. The Morgan fingerprint density at radius 3 is 2.56 bits per heavy atom. The Balaban J connectivity index is 2.72. The van der Waals surface area contributed by atoms with Gasteiger partial charge in [-0.15, -0.1) is 4.41 Å². The maximum Gasteiger partial charge on any atom is 0.292 e. The second kappa shape index (κ2) is 2.22. The van der Waals surface area contributed by atoms with Crippen LogP contribution < -0.4 is 10.6 Å². The third kappa shape index (κ3) is 1.39. The van der Waals surface area contributed by atoms with Gasteiger partial charge in [0.2, 0.25) is 0 Å². The molecule has 0 amide bonds. The van der Waals surface area contributed by atoms with Crippen LogP contribution in [0.1, 0.15) is 6.42 Å². The monoisotopic (exact) mass is 151 g/mol. The predicted octanol–water partition coefficient (Wildman–Crippen LogP) is -1.60. The van der Waals surface area contributed by atoms with Crippen molar-refractivity contribution in [2.24, 2.45) is 5.84 Å². The van der Waals surface area contributed by atoms with Gasteiger partial charge >= 0.3 is 0 Å². The summed E-state index contributed by atoms with van der Waals surface area (Å²) in [5, 5.41) is 0. The number of nitrogens with two attached hydrogens (primary N) is 1. The van der Waals surface area contributed by atoms with Crippen molar-refractivity contribution in [2.75, 3.05) is 13.1 Å². The Hall–Kier alpha value is -0.170. The lowest BCUT2D eigenvalue weighted by atomic mass is 10.4. The summed E-state index contributed by atoms with van der Waals surface area (Å²) in [5.74, 6) is 5.10. The Bertz CT molecular complexity index is 187. The van der Waals surface area contributed by atoms with Gasteiger partial charge in [-0.2, -0.15) is 8.42 Å². The molecule has 0 radical (unpaired) electrons. The molecule has 1 aliphatic heterocycles. The quantitative estimate of drug-likeness (QED) is 0.409. The molecular formula is C3H9N3O2S. The van der Waals surface area contributed by atoms with Gasteiger partial charge in [0, 0.05) is 13.1 Å². The normalized spacial score (nSPS) is 28.1. The SMILES string of the molecule is NN1CCCNS1(=O)=O. The largest absolute Gasteiger partial charge is 0.292 e. The first-order chi connectivity index (χ1) is 4.13. The van der Waals surface area contributed by atoms with E-state index in [9.17, 15) is 8.42 Å². The van der Waals surface area contributed by atoms with Gasteiger partial charge in [0.05, 0.1) is 0 Å². The van der Waals surface area contributed by atoms with E-state index in [1.807, 2.05) is 0 Å². The van der Waals surface area contributed by atoms with Gasteiger partial charge in [0.15, 0.2) is 0 Å². The highest BCUT2D eigenvalue weighted by Crippen LogP contribution is 1.97. The third-order valence-electron chi connectivity index (χ3n) is 1.15. The van der Waals surface area contributed by atoms with Crippen molar-refractivity contribution in [2.45, 2.75) is 6.42 Å². The smallest absolute Gasteiger partial charge is 0.254 e. The summed E-state index contributed by atoms with van der Waals surface area (Å²) in [7, 11) is -3.30. The van der Waals surface area contributed by atoms with E-state index in [1.54, 1.807) is 0 Å². The molecule has 0 aromatic heterocycles. The number of nitrogens with one attached hydrogen (secondary N) is 1. The number of hydrogen-bond acceptors (Lipinski definition) is 3. The first-order valence-corrected chi connectivity index (χ1v) is 4.09. The van der Waals surface area contributed by atoms with Crippen LogP contribution in [0.15, 0.2) is 0 Å². The highest BCUT2D eigenvalue weighted by atomic mass is 32.2. The van der Waals surface area contributed by atoms with Crippen molar-refractivity contribution >= 4 is 10.2 Å². The van der Waals surface area contributed by atoms with Gasteiger partial charge in [-0.05, 0) is 6.42 Å². The molecule has 0 bridgehead atoms. The summed E-state index contributed by atoms with van der Waals surface area (Å²) < 4.78 is 24.4. The van der Waals surface area contributed by atoms with E-state index in [-0.39, 0.29) is 0 Å². The Kier molecular flexibility index (Phi) is 1.71. The fraction of sp³-hybridized carbons (Fsp3) is 1.00. The predicted molar refractivity (Wildman–Crippen MR) is 32.4 cm³/mol. The van der Waals surface area contributed by atoms with Crippen LogP contribution in [-0.2, 0) is 10.2 Å². The van der Waals surface area contributed by atoms with E-state index in [2.05, 4.69) is 4.72 Å². The standard InChI is InChI=1S/C3H9N3O2S/c4-6-3-1-2-5-9(6,7)8/h5H,1-4H2. The highest BCUT2D eigenvalue weighted by Gasteiger charge is 2.20. The Labute approximate surface area is 54.0 Å². The molecule has 1 rings (SSSR count). The molecule has 0 atom stereocenters. The van der Waals surface area contributed by atoms with Crippen molar-refractivity contribution in [3.63, 3.8) is 0 Å². The summed E-state index contributed by atoms with van der Waals surface area (Å²) >= 11 is 0. The Morgan fingerprint density at radius 1 is 1.56 bits per heavy atom. The van der Waals surface area contributed by atoms with Gasteiger partial charge in [-0.1, -0.05) is 0 Å². The lowest BCUT2D eigenvalue weighted by molar-refractivity contribution is 0.386. The fourth-order valence-corrected chi connectivity index (χ4v) is 1.58. The van der Waals surface area contributed by atoms with Crippen molar-refractivity contribution < 1.29 is 8.42 Å². The van der Waals surface area contributed by atoms with Crippen molar-refractivity contribution in [1.29, 1.82) is 0 Å². The molecule has 5 nitrogen and oxygen atoms in total. The maximum absolute atomic E-state index is 10.7. The van der Waals surface area contributed by atoms with Gasteiger partial charge in [0.1, 0.15) is 0 Å². The molecule has 0 unspecified atom stereocenters. The summed E-state index contributed by atoms with van der Waals surface area (Å²) in [6.45, 7) is 0.908. The number of hydrogen-bond donors (Lipinski definition) is 2. The summed E-state index contributed by atoms with van der Waals surface area (Å²) in [5.41, 5.74) is 0. The molecule has 0 aromatic rings. The molecule has 0 aromatic carbocycles. The highest BCUT2D eigenvalue weighted by molar-refractivity contribution is 7.87. The lowest BCUT2D eigenvalue weighted by Crippen LogP contribution is -2.50. The van der Waals surface area contributed by atoms with E-state index in [0.717, 1.165) is 10.8 Å². The van der Waals surface area contributed by atoms with Crippen LogP contribution in [0, 0.1) is 0 Å². The van der Waals surface area contributed by atoms with Gasteiger partial charge in [-0.25, -0.2) is 4.72 Å². The molecule has 54 valence electrons. The van der Waals surface area contributed by atoms with Crippen LogP contribution in [0.5, 0.6) is 0 Å². The van der Waals surface area contributed by atoms with Crippen LogP contribution in [0.25, 0.3) is 0 Å². The first-order valence-electron chi connectivity index (χ1n) is 2.65. The molecular weight excluding hydrogens is 142 g/mol. The molecule has 1 aliphatic rings. The number of hydrazine groups is 1. The minimum Gasteiger partial charge on any atom is -0.254 e. The number of nitrogens with zero attached hydrogens (tertiary/aromatic N) is 1. The van der Waals surface area contributed by atoms with Gasteiger partial charge in [-0.3, -0.25) is 5.84 Å².